The predicted molar refractivity (Wildman–Crippen MR) is 116 cm³/mol. The average Bonchev–Trinajstić information content (AvgIpc) is 2.58. The molecular formula is C21H46ClNSi. The van der Waals surface area contributed by atoms with Crippen LogP contribution in [0.5, 0.6) is 0 Å². The molecule has 0 fully saturated rings. The topological polar surface area (TPSA) is 3.24 Å². The van der Waals surface area contributed by atoms with E-state index in [0.29, 0.717) is 0 Å². The quantitative estimate of drug-likeness (QED) is 0.141. The highest BCUT2D eigenvalue weighted by molar-refractivity contribution is 6.59. The van der Waals surface area contributed by atoms with Crippen molar-refractivity contribution in [2.24, 2.45) is 0 Å². The van der Waals surface area contributed by atoms with E-state index in [0.717, 1.165) is 0 Å². The monoisotopic (exact) mass is 375 g/mol. The lowest BCUT2D eigenvalue weighted by molar-refractivity contribution is 0.199. The van der Waals surface area contributed by atoms with Gasteiger partial charge in [-0.1, -0.05) is 111 Å². The molecule has 0 aromatic rings. The van der Waals surface area contributed by atoms with E-state index < -0.39 is 8.96 Å². The first kappa shape index (κ1) is 24.5. The van der Waals surface area contributed by atoms with Gasteiger partial charge in [0.05, 0.1) is 0 Å². The molecule has 0 aliphatic heterocycles. The Labute approximate surface area is 160 Å². The first-order chi connectivity index (χ1) is 11.5. The van der Waals surface area contributed by atoms with Crippen molar-refractivity contribution >= 4 is 20.7 Å². The normalized spacial score (nSPS) is 12.5. The van der Waals surface area contributed by atoms with Crippen molar-refractivity contribution in [3.05, 3.63) is 0 Å². The third-order valence-electron chi connectivity index (χ3n) is 5.39. The molecule has 0 aromatic heterocycles. The van der Waals surface area contributed by atoms with Crippen LogP contribution in [-0.2, 0) is 0 Å². The fourth-order valence-electron chi connectivity index (χ4n) is 3.89. The Kier molecular flexibility index (Phi) is 16.0. The highest BCUT2D eigenvalue weighted by atomic mass is 35.5. The Bertz CT molecular complexity index is 239. The van der Waals surface area contributed by atoms with Crippen LogP contribution in [-0.4, -0.2) is 18.6 Å². The van der Waals surface area contributed by atoms with Gasteiger partial charge in [0.1, 0.15) is 8.96 Å². The molecule has 0 aromatic carbocycles. The second-order valence-corrected chi connectivity index (χ2v) is 11.5. The highest BCUT2D eigenvalue weighted by Gasteiger charge is 2.36. The van der Waals surface area contributed by atoms with Gasteiger partial charge in [0, 0.05) is 5.54 Å². The average molecular weight is 376 g/mol. The number of hydrogen-bond acceptors (Lipinski definition) is 1. The maximum atomic E-state index is 6.97. The maximum absolute atomic E-state index is 6.97. The summed E-state index contributed by atoms with van der Waals surface area (Å²) in [6.45, 7) is 11.7. The minimum Gasteiger partial charge on any atom is -0.240 e. The lowest BCUT2D eigenvalue weighted by Crippen LogP contribution is -2.48. The first-order valence-electron chi connectivity index (χ1n) is 11.0. The van der Waals surface area contributed by atoms with E-state index in [9.17, 15) is 0 Å². The van der Waals surface area contributed by atoms with Gasteiger partial charge in [0.15, 0.2) is 0 Å². The predicted octanol–water partition coefficient (Wildman–Crippen LogP) is 8.08. The van der Waals surface area contributed by atoms with Crippen LogP contribution in [0.25, 0.3) is 0 Å². The molecule has 1 nitrogen and oxygen atoms in total. The molecule has 0 rings (SSSR count). The smallest absolute Gasteiger partial charge is 0.126 e. The van der Waals surface area contributed by atoms with Crippen molar-refractivity contribution in [3.8, 4) is 0 Å². The van der Waals surface area contributed by atoms with Crippen LogP contribution in [0.1, 0.15) is 117 Å². The molecular weight excluding hydrogens is 330 g/mol. The van der Waals surface area contributed by atoms with Gasteiger partial charge in [-0.25, -0.2) is 4.08 Å². The van der Waals surface area contributed by atoms with Gasteiger partial charge in [-0.2, -0.15) is 0 Å². The second kappa shape index (κ2) is 15.7. The van der Waals surface area contributed by atoms with E-state index in [1.807, 2.05) is 0 Å². The van der Waals surface area contributed by atoms with Gasteiger partial charge in [-0.15, -0.1) is 0 Å². The lowest BCUT2D eigenvalue weighted by Gasteiger charge is -2.43. The third-order valence-corrected chi connectivity index (χ3v) is 8.38. The van der Waals surface area contributed by atoms with E-state index in [-0.39, 0.29) is 5.54 Å². The number of halogens is 1. The van der Waals surface area contributed by atoms with Crippen LogP contribution in [0.2, 0.25) is 13.1 Å². The summed E-state index contributed by atoms with van der Waals surface area (Å²) in [5.41, 5.74) is 0.289. The molecule has 0 aliphatic carbocycles. The molecule has 0 bridgehead atoms. The van der Waals surface area contributed by atoms with Gasteiger partial charge in [0.25, 0.3) is 0 Å². The summed E-state index contributed by atoms with van der Waals surface area (Å²) in [6, 6.07) is 0. The summed E-state index contributed by atoms with van der Waals surface area (Å²) in [5.74, 6) is 0. The van der Waals surface area contributed by atoms with Gasteiger partial charge < -0.3 is 0 Å². The van der Waals surface area contributed by atoms with E-state index in [1.54, 1.807) is 0 Å². The van der Waals surface area contributed by atoms with Gasteiger partial charge in [-0.05, 0) is 31.0 Å². The fraction of sp³-hybridized carbons (Fsp3) is 1.00. The molecule has 0 saturated heterocycles. The van der Waals surface area contributed by atoms with Crippen molar-refractivity contribution in [2.75, 3.05) is 0 Å². The Hall–Kier alpha value is 0.467. The zero-order valence-corrected chi connectivity index (χ0v) is 19.4. The van der Waals surface area contributed by atoms with Crippen molar-refractivity contribution in [2.45, 2.75) is 136 Å². The highest BCUT2D eigenvalue weighted by Crippen LogP contribution is 2.37. The lowest BCUT2D eigenvalue weighted by atomic mass is 9.82. The summed E-state index contributed by atoms with van der Waals surface area (Å²) in [5, 5.41) is 0. The van der Waals surface area contributed by atoms with E-state index >= 15 is 0 Å². The van der Waals surface area contributed by atoms with Gasteiger partial charge >= 0.3 is 0 Å². The second-order valence-electron chi connectivity index (χ2n) is 8.06. The minimum absolute atomic E-state index is 0.289. The Morgan fingerprint density at radius 3 is 1.21 bits per heavy atom. The van der Waals surface area contributed by atoms with E-state index in [4.69, 9.17) is 11.8 Å². The number of hydrogen-bond donors (Lipinski definition) is 0. The van der Waals surface area contributed by atoms with Crippen molar-refractivity contribution in [1.82, 2.24) is 4.08 Å². The molecule has 0 atom stereocenters. The summed E-state index contributed by atoms with van der Waals surface area (Å²) in [6.07, 6.45) is 20.3. The Morgan fingerprint density at radius 1 is 0.625 bits per heavy atom. The van der Waals surface area contributed by atoms with Crippen molar-refractivity contribution in [1.29, 1.82) is 0 Å². The maximum Gasteiger partial charge on any atom is 0.126 e. The first-order valence-corrected chi connectivity index (χ1v) is 14.2. The summed E-state index contributed by atoms with van der Waals surface area (Å²) >= 11 is 6.97. The molecule has 24 heavy (non-hydrogen) atoms. The van der Waals surface area contributed by atoms with Crippen LogP contribution in [0.4, 0.5) is 0 Å². The zero-order chi connectivity index (χ0) is 18.3. The minimum atomic E-state index is -0.967. The van der Waals surface area contributed by atoms with Crippen LogP contribution in [0.3, 0.4) is 0 Å². The molecule has 0 aliphatic rings. The number of unbranched alkanes of at least 4 members (excludes halogenated alkanes) is 9. The van der Waals surface area contributed by atoms with Crippen LogP contribution in [0, 0.1) is 0 Å². The molecule has 0 unspecified atom stereocenters. The largest absolute Gasteiger partial charge is 0.240 e. The Balaban J connectivity index is 4.85. The molecule has 3 heteroatoms. The van der Waals surface area contributed by atoms with E-state index in [2.05, 4.69) is 37.9 Å². The standard InChI is InChI=1S/C21H46ClNSi/c1-6-9-12-15-18-21(23(22)24(4)5,19-16-13-10-7-2)20-17-14-11-8-3/h24H,6-20H2,1-5H3. The molecule has 0 spiro atoms. The Morgan fingerprint density at radius 2 is 0.958 bits per heavy atom. The number of nitrogens with zero attached hydrogens (tertiary/aromatic N) is 1. The molecule has 0 amide bonds. The van der Waals surface area contributed by atoms with E-state index in [1.165, 1.54) is 96.3 Å². The summed E-state index contributed by atoms with van der Waals surface area (Å²) < 4.78 is 2.36. The summed E-state index contributed by atoms with van der Waals surface area (Å²) in [7, 11) is -0.967. The number of rotatable bonds is 17. The third kappa shape index (κ3) is 10.5. The van der Waals surface area contributed by atoms with Crippen LogP contribution < -0.4 is 0 Å². The molecule has 0 radical (unpaired) electrons. The van der Waals surface area contributed by atoms with Crippen molar-refractivity contribution < 1.29 is 0 Å². The fourth-order valence-corrected chi connectivity index (χ4v) is 5.62. The van der Waals surface area contributed by atoms with Crippen LogP contribution in [0.15, 0.2) is 0 Å². The molecule has 146 valence electrons. The van der Waals surface area contributed by atoms with Gasteiger partial charge in [-0.3, -0.25) is 0 Å². The zero-order valence-electron chi connectivity index (χ0n) is 17.5. The van der Waals surface area contributed by atoms with Gasteiger partial charge in [0.2, 0.25) is 0 Å². The molecule has 0 N–H and O–H groups in total. The summed E-state index contributed by atoms with van der Waals surface area (Å²) in [4.78, 5) is 0. The van der Waals surface area contributed by atoms with Crippen molar-refractivity contribution in [3.63, 3.8) is 0 Å². The SMILES string of the molecule is CCCCCCC(CCCCCC)(CCCCCC)N(Cl)[SiH](C)C. The molecule has 0 saturated carbocycles. The van der Waals surface area contributed by atoms with Crippen LogP contribution >= 0.6 is 11.8 Å². The molecule has 0 heterocycles.